The average molecular weight is 277 g/mol. The highest BCUT2D eigenvalue weighted by Crippen LogP contribution is 2.18. The number of nitrogens with two attached hydrogens (primary N) is 1. The third kappa shape index (κ3) is 2.78. The van der Waals surface area contributed by atoms with Crippen molar-refractivity contribution in [3.05, 3.63) is 18.1 Å². The van der Waals surface area contributed by atoms with Gasteiger partial charge in [0, 0.05) is 24.2 Å². The molecule has 0 saturated carbocycles. The van der Waals surface area contributed by atoms with E-state index in [-0.39, 0.29) is 0 Å². The molecule has 1 aliphatic heterocycles. The number of rotatable bonds is 2. The van der Waals surface area contributed by atoms with Gasteiger partial charge in [-0.25, -0.2) is 15.0 Å². The molecule has 1 saturated heterocycles. The molecule has 2 N–H and O–H groups in total. The van der Waals surface area contributed by atoms with Gasteiger partial charge in [-0.05, 0) is 6.07 Å². The fraction of sp³-hybridized carbons (Fsp3) is 0.417. The molecule has 1 aliphatic rings. The summed E-state index contributed by atoms with van der Waals surface area (Å²) in [5, 5.41) is 0. The number of nitrogens with zero attached hydrogens (tertiary/aromatic N) is 4. The largest absolute Gasteiger partial charge is 0.382 e. The number of hydrogen-bond acceptors (Lipinski definition) is 7. The van der Waals surface area contributed by atoms with Gasteiger partial charge >= 0.3 is 0 Å². The summed E-state index contributed by atoms with van der Waals surface area (Å²) in [5.74, 6) is 1.13. The van der Waals surface area contributed by atoms with Crippen LogP contribution in [-0.2, 0) is 11.3 Å². The van der Waals surface area contributed by atoms with Gasteiger partial charge in [0.25, 0.3) is 0 Å². The predicted molar refractivity (Wildman–Crippen MR) is 75.1 cm³/mol. The van der Waals surface area contributed by atoms with E-state index in [0.717, 1.165) is 36.7 Å². The monoisotopic (exact) mass is 277 g/mol. The maximum absolute atomic E-state index is 5.93. The van der Waals surface area contributed by atoms with Crippen LogP contribution >= 0.6 is 12.6 Å². The van der Waals surface area contributed by atoms with Gasteiger partial charge < -0.3 is 10.5 Å². The lowest BCUT2D eigenvalue weighted by Gasteiger charge is -2.25. The number of morpholine rings is 1. The highest BCUT2D eigenvalue weighted by atomic mass is 32.1. The van der Waals surface area contributed by atoms with E-state index >= 15 is 0 Å². The second-order valence-corrected chi connectivity index (χ2v) is 4.99. The first-order valence-electron chi connectivity index (χ1n) is 6.13. The lowest BCUT2D eigenvalue weighted by Crippen LogP contribution is -2.36. The minimum absolute atomic E-state index is 0.418. The Morgan fingerprint density at radius 3 is 2.89 bits per heavy atom. The molecular weight excluding hydrogens is 262 g/mol. The maximum atomic E-state index is 5.93. The zero-order chi connectivity index (χ0) is 13.2. The van der Waals surface area contributed by atoms with E-state index in [0.29, 0.717) is 23.7 Å². The molecule has 0 unspecified atom stereocenters. The molecule has 1 fully saturated rings. The van der Waals surface area contributed by atoms with Crippen LogP contribution in [0.4, 0.5) is 5.82 Å². The van der Waals surface area contributed by atoms with Crippen molar-refractivity contribution in [2.75, 3.05) is 32.0 Å². The SMILES string of the molecule is Nc1nc(CN2CCOCC2)nc2cc(S)cnc12. The van der Waals surface area contributed by atoms with E-state index < -0.39 is 0 Å². The molecule has 3 rings (SSSR count). The molecule has 0 bridgehead atoms. The van der Waals surface area contributed by atoms with Crippen molar-refractivity contribution in [3.8, 4) is 0 Å². The summed E-state index contributed by atoms with van der Waals surface area (Å²) in [4.78, 5) is 16.1. The second-order valence-electron chi connectivity index (χ2n) is 4.47. The van der Waals surface area contributed by atoms with Gasteiger partial charge in [0.1, 0.15) is 11.3 Å². The molecule has 2 aromatic heterocycles. The van der Waals surface area contributed by atoms with Crippen molar-refractivity contribution in [3.63, 3.8) is 0 Å². The first-order chi connectivity index (χ1) is 9.22. The fourth-order valence-electron chi connectivity index (χ4n) is 2.11. The third-order valence-corrected chi connectivity index (χ3v) is 3.31. The standard InChI is InChI=1S/C12H15N5OS/c13-12-11-9(5-8(19)6-14-11)15-10(16-12)7-17-1-3-18-4-2-17/h5-6,19H,1-4,7H2,(H2,13,15,16). The predicted octanol–water partition coefficient (Wildman–Crippen LogP) is 0.728. The van der Waals surface area contributed by atoms with E-state index in [4.69, 9.17) is 10.5 Å². The fourth-order valence-corrected chi connectivity index (χ4v) is 2.29. The maximum Gasteiger partial charge on any atom is 0.153 e. The minimum atomic E-state index is 0.418. The molecule has 0 aromatic carbocycles. The molecular formula is C12H15N5OS. The number of hydrogen-bond donors (Lipinski definition) is 2. The molecule has 0 radical (unpaired) electrons. The minimum Gasteiger partial charge on any atom is -0.382 e. The summed E-state index contributed by atoms with van der Waals surface area (Å²) in [6, 6.07) is 1.85. The first-order valence-corrected chi connectivity index (χ1v) is 6.58. The lowest BCUT2D eigenvalue weighted by atomic mass is 10.3. The Labute approximate surface area is 116 Å². The summed E-state index contributed by atoms with van der Waals surface area (Å²) in [7, 11) is 0. The lowest BCUT2D eigenvalue weighted by molar-refractivity contribution is 0.0331. The van der Waals surface area contributed by atoms with Crippen LogP contribution < -0.4 is 5.73 Å². The number of aromatic nitrogens is 3. The Balaban J connectivity index is 1.91. The van der Waals surface area contributed by atoms with Crippen LogP contribution in [0.2, 0.25) is 0 Å². The Kier molecular flexibility index (Phi) is 3.50. The van der Waals surface area contributed by atoms with Crippen LogP contribution in [0.5, 0.6) is 0 Å². The van der Waals surface area contributed by atoms with Crippen LogP contribution in [0.15, 0.2) is 17.2 Å². The summed E-state index contributed by atoms with van der Waals surface area (Å²) < 4.78 is 5.32. The van der Waals surface area contributed by atoms with Crippen molar-refractivity contribution in [2.45, 2.75) is 11.4 Å². The molecule has 6 nitrogen and oxygen atoms in total. The van der Waals surface area contributed by atoms with Gasteiger partial charge in [-0.1, -0.05) is 0 Å². The number of anilines is 1. The van der Waals surface area contributed by atoms with Crippen LogP contribution in [-0.4, -0.2) is 46.2 Å². The molecule has 100 valence electrons. The molecule has 19 heavy (non-hydrogen) atoms. The Hall–Kier alpha value is -1.44. The van der Waals surface area contributed by atoms with Crippen molar-refractivity contribution in [1.82, 2.24) is 19.9 Å². The van der Waals surface area contributed by atoms with Crippen molar-refractivity contribution in [1.29, 1.82) is 0 Å². The normalized spacial score (nSPS) is 16.9. The summed E-state index contributed by atoms with van der Waals surface area (Å²) in [5.41, 5.74) is 7.30. The quantitative estimate of drug-likeness (QED) is 0.788. The molecule has 0 aliphatic carbocycles. The number of thiol groups is 1. The van der Waals surface area contributed by atoms with Crippen molar-refractivity contribution in [2.24, 2.45) is 0 Å². The molecule has 0 amide bonds. The van der Waals surface area contributed by atoms with E-state index in [2.05, 4.69) is 32.5 Å². The van der Waals surface area contributed by atoms with Crippen molar-refractivity contribution >= 4 is 29.5 Å². The molecule has 7 heteroatoms. The number of pyridine rings is 1. The molecule has 0 spiro atoms. The topological polar surface area (TPSA) is 77.2 Å². The van der Waals surface area contributed by atoms with Crippen LogP contribution in [0, 0.1) is 0 Å². The zero-order valence-electron chi connectivity index (χ0n) is 10.4. The third-order valence-electron chi connectivity index (χ3n) is 3.06. The average Bonchev–Trinajstić information content (AvgIpc) is 2.39. The molecule has 2 aromatic rings. The van der Waals surface area contributed by atoms with Gasteiger partial charge in [0.15, 0.2) is 5.82 Å². The van der Waals surface area contributed by atoms with Gasteiger partial charge in [-0.2, -0.15) is 0 Å². The Morgan fingerprint density at radius 2 is 2.11 bits per heavy atom. The van der Waals surface area contributed by atoms with E-state index in [1.165, 1.54) is 0 Å². The van der Waals surface area contributed by atoms with E-state index in [1.54, 1.807) is 6.20 Å². The first kappa shape index (κ1) is 12.6. The Morgan fingerprint density at radius 1 is 1.32 bits per heavy atom. The highest BCUT2D eigenvalue weighted by molar-refractivity contribution is 7.80. The smallest absolute Gasteiger partial charge is 0.153 e. The van der Waals surface area contributed by atoms with Gasteiger partial charge in [0.2, 0.25) is 0 Å². The summed E-state index contributed by atoms with van der Waals surface area (Å²) in [6.45, 7) is 3.98. The Bertz CT molecular complexity index is 600. The van der Waals surface area contributed by atoms with Crippen LogP contribution in [0.25, 0.3) is 11.0 Å². The zero-order valence-corrected chi connectivity index (χ0v) is 11.3. The molecule has 3 heterocycles. The van der Waals surface area contributed by atoms with Crippen LogP contribution in [0.3, 0.4) is 0 Å². The highest BCUT2D eigenvalue weighted by Gasteiger charge is 2.14. The van der Waals surface area contributed by atoms with E-state index in [9.17, 15) is 0 Å². The van der Waals surface area contributed by atoms with E-state index in [1.807, 2.05) is 6.07 Å². The second kappa shape index (κ2) is 5.28. The van der Waals surface area contributed by atoms with Crippen molar-refractivity contribution < 1.29 is 4.74 Å². The van der Waals surface area contributed by atoms with Gasteiger partial charge in [0.05, 0.1) is 25.3 Å². The molecule has 0 atom stereocenters. The van der Waals surface area contributed by atoms with Gasteiger partial charge in [-0.3, -0.25) is 4.90 Å². The van der Waals surface area contributed by atoms with Crippen LogP contribution in [0.1, 0.15) is 5.82 Å². The number of nitrogen functional groups attached to an aromatic ring is 1. The summed E-state index contributed by atoms with van der Waals surface area (Å²) in [6.07, 6.45) is 1.65. The van der Waals surface area contributed by atoms with Gasteiger partial charge in [-0.15, -0.1) is 12.6 Å². The number of ether oxygens (including phenoxy) is 1. The summed E-state index contributed by atoms with van der Waals surface area (Å²) >= 11 is 4.27. The number of fused-ring (bicyclic) bond motifs is 1.